The molecule has 1 N–H and O–H groups in total. The van der Waals surface area contributed by atoms with Gasteiger partial charge in [0.15, 0.2) is 18.0 Å². The molecule has 6 nitrogen and oxygen atoms in total. The predicted molar refractivity (Wildman–Crippen MR) is 80.9 cm³/mol. The number of nitro groups is 1. The third-order valence-corrected chi connectivity index (χ3v) is 3.94. The molecule has 2 aromatic carbocycles. The number of carbonyl (C=O) groups is 1. The van der Waals surface area contributed by atoms with Crippen molar-refractivity contribution in [2.75, 3.05) is 0 Å². The van der Waals surface area contributed by atoms with Gasteiger partial charge in [0.1, 0.15) is 5.75 Å². The maximum atomic E-state index is 12.2. The summed E-state index contributed by atoms with van der Waals surface area (Å²) < 4.78 is 6.46. The number of Topliss-reactive ketones (excluding diaryl/α,β-unsaturated/α-hetero) is 1. The SMILES string of the molecule is O=C1c2ccc(Br)cc2O[C@H](c2ccc([N+](=O)[O-])cc2)[C@@H]1O. The molecule has 22 heavy (non-hydrogen) atoms. The number of fused-ring (bicyclic) bond motifs is 1. The number of ketones is 1. The van der Waals surface area contributed by atoms with E-state index in [4.69, 9.17) is 4.74 Å². The molecule has 0 unspecified atom stereocenters. The molecule has 0 spiro atoms. The number of halogens is 1. The smallest absolute Gasteiger partial charge is 0.269 e. The Morgan fingerprint density at radius 1 is 1.18 bits per heavy atom. The van der Waals surface area contributed by atoms with Crippen molar-refractivity contribution in [3.8, 4) is 5.75 Å². The Balaban J connectivity index is 1.98. The molecule has 1 aliphatic heterocycles. The van der Waals surface area contributed by atoms with Crippen molar-refractivity contribution in [3.05, 3.63) is 68.2 Å². The number of carbonyl (C=O) groups excluding carboxylic acids is 1. The van der Waals surface area contributed by atoms with E-state index in [2.05, 4.69) is 15.9 Å². The standard InChI is InChI=1S/C15H10BrNO5/c16-9-3-6-11-12(7-9)22-15(14(19)13(11)18)8-1-4-10(5-2-8)17(20)21/h1-7,14-15,19H/t14-,15-/m1/s1. The molecule has 3 rings (SSSR count). The monoisotopic (exact) mass is 363 g/mol. The summed E-state index contributed by atoms with van der Waals surface area (Å²) in [7, 11) is 0. The highest BCUT2D eigenvalue weighted by Gasteiger charge is 2.37. The van der Waals surface area contributed by atoms with E-state index in [1.165, 1.54) is 24.3 Å². The fourth-order valence-corrected chi connectivity index (χ4v) is 2.67. The molecule has 0 bridgehead atoms. The quantitative estimate of drug-likeness (QED) is 0.654. The summed E-state index contributed by atoms with van der Waals surface area (Å²) in [4.78, 5) is 22.4. The molecule has 112 valence electrons. The van der Waals surface area contributed by atoms with Crippen LogP contribution in [0.1, 0.15) is 22.0 Å². The van der Waals surface area contributed by atoms with Crippen LogP contribution in [0, 0.1) is 10.1 Å². The summed E-state index contributed by atoms with van der Waals surface area (Å²) in [5.74, 6) is -0.0647. The minimum atomic E-state index is -1.35. The van der Waals surface area contributed by atoms with Crippen LogP contribution in [-0.4, -0.2) is 21.9 Å². The molecule has 0 aromatic heterocycles. The zero-order chi connectivity index (χ0) is 15.9. The lowest BCUT2D eigenvalue weighted by atomic mass is 9.93. The number of hydrogen-bond donors (Lipinski definition) is 1. The topological polar surface area (TPSA) is 89.7 Å². The minimum Gasteiger partial charge on any atom is -0.482 e. The Morgan fingerprint density at radius 3 is 2.50 bits per heavy atom. The number of nitro benzene ring substituents is 1. The van der Waals surface area contributed by atoms with Crippen molar-refractivity contribution in [2.24, 2.45) is 0 Å². The lowest BCUT2D eigenvalue weighted by Gasteiger charge is -2.29. The van der Waals surface area contributed by atoms with Crippen molar-refractivity contribution in [2.45, 2.75) is 12.2 Å². The average Bonchev–Trinajstić information content (AvgIpc) is 2.51. The van der Waals surface area contributed by atoms with Crippen LogP contribution in [0.25, 0.3) is 0 Å². The summed E-state index contributed by atoms with van der Waals surface area (Å²) in [6.07, 6.45) is -2.25. The van der Waals surface area contributed by atoms with Gasteiger partial charge in [-0.2, -0.15) is 0 Å². The first-order valence-corrected chi connectivity index (χ1v) is 7.19. The van der Waals surface area contributed by atoms with Crippen molar-refractivity contribution in [3.63, 3.8) is 0 Å². The lowest BCUT2D eigenvalue weighted by molar-refractivity contribution is -0.384. The number of aliphatic hydroxyl groups is 1. The van der Waals surface area contributed by atoms with E-state index >= 15 is 0 Å². The van der Waals surface area contributed by atoms with Crippen LogP contribution in [0.2, 0.25) is 0 Å². The first-order valence-electron chi connectivity index (χ1n) is 6.40. The Morgan fingerprint density at radius 2 is 1.86 bits per heavy atom. The Bertz CT molecular complexity index is 759. The molecular weight excluding hydrogens is 354 g/mol. The van der Waals surface area contributed by atoms with Crippen molar-refractivity contribution in [1.82, 2.24) is 0 Å². The van der Waals surface area contributed by atoms with E-state index in [9.17, 15) is 20.0 Å². The number of nitrogens with zero attached hydrogens (tertiary/aromatic N) is 1. The summed E-state index contributed by atoms with van der Waals surface area (Å²) in [6, 6.07) is 10.5. The van der Waals surface area contributed by atoms with Crippen molar-refractivity contribution >= 4 is 27.4 Å². The van der Waals surface area contributed by atoms with Gasteiger partial charge in [0, 0.05) is 16.6 Å². The highest BCUT2D eigenvalue weighted by Crippen LogP contribution is 2.37. The molecule has 7 heteroatoms. The Hall–Kier alpha value is -2.25. The molecule has 2 atom stereocenters. The lowest BCUT2D eigenvalue weighted by Crippen LogP contribution is -2.36. The highest BCUT2D eigenvalue weighted by molar-refractivity contribution is 9.10. The summed E-state index contributed by atoms with van der Waals surface area (Å²) in [5.41, 5.74) is 0.745. The van der Waals surface area contributed by atoms with Gasteiger partial charge >= 0.3 is 0 Å². The largest absolute Gasteiger partial charge is 0.482 e. The van der Waals surface area contributed by atoms with Crippen molar-refractivity contribution < 1.29 is 19.6 Å². The third kappa shape index (κ3) is 2.49. The number of non-ortho nitro benzene ring substituents is 1. The minimum absolute atomic E-state index is 0.0662. The normalized spacial score (nSPS) is 20.2. The van der Waals surface area contributed by atoms with Gasteiger partial charge in [-0.3, -0.25) is 14.9 Å². The molecule has 0 saturated heterocycles. The zero-order valence-corrected chi connectivity index (χ0v) is 12.7. The van der Waals surface area contributed by atoms with Gasteiger partial charge in [-0.05, 0) is 35.9 Å². The summed E-state index contributed by atoms with van der Waals surface area (Å²) in [6.45, 7) is 0. The number of ether oxygens (including phenoxy) is 1. The maximum absolute atomic E-state index is 12.2. The molecule has 1 aliphatic rings. The van der Waals surface area contributed by atoms with Crippen LogP contribution in [0.4, 0.5) is 5.69 Å². The van der Waals surface area contributed by atoms with Gasteiger partial charge in [-0.15, -0.1) is 0 Å². The van der Waals surface area contributed by atoms with Gasteiger partial charge in [0.25, 0.3) is 5.69 Å². The van der Waals surface area contributed by atoms with E-state index in [-0.39, 0.29) is 5.69 Å². The molecular formula is C15H10BrNO5. The predicted octanol–water partition coefficient (Wildman–Crippen LogP) is 3.03. The van der Waals surface area contributed by atoms with Gasteiger partial charge in [-0.25, -0.2) is 0 Å². The Kier molecular flexibility index (Phi) is 3.67. The van der Waals surface area contributed by atoms with Gasteiger partial charge < -0.3 is 9.84 Å². The van der Waals surface area contributed by atoms with Gasteiger partial charge in [0.05, 0.1) is 10.5 Å². The molecule has 2 aromatic rings. The van der Waals surface area contributed by atoms with Gasteiger partial charge in [0.2, 0.25) is 0 Å². The highest BCUT2D eigenvalue weighted by atomic mass is 79.9. The number of benzene rings is 2. The number of aliphatic hydroxyl groups excluding tert-OH is 1. The fourth-order valence-electron chi connectivity index (χ4n) is 2.33. The van der Waals surface area contributed by atoms with Gasteiger partial charge in [-0.1, -0.05) is 15.9 Å². The first-order chi connectivity index (χ1) is 10.5. The van der Waals surface area contributed by atoms with E-state index in [1.54, 1.807) is 18.2 Å². The number of hydrogen-bond acceptors (Lipinski definition) is 5. The zero-order valence-electron chi connectivity index (χ0n) is 11.1. The van der Waals surface area contributed by atoms with Crippen LogP contribution in [0.3, 0.4) is 0 Å². The van der Waals surface area contributed by atoms with Crippen LogP contribution < -0.4 is 4.74 Å². The van der Waals surface area contributed by atoms with E-state index < -0.39 is 22.9 Å². The first kappa shape index (κ1) is 14.7. The fraction of sp³-hybridized carbons (Fsp3) is 0.133. The molecule has 0 saturated carbocycles. The van der Waals surface area contributed by atoms with E-state index in [0.717, 1.165) is 4.47 Å². The third-order valence-electron chi connectivity index (χ3n) is 3.45. The number of rotatable bonds is 2. The van der Waals surface area contributed by atoms with E-state index in [0.29, 0.717) is 16.9 Å². The summed E-state index contributed by atoms with van der Waals surface area (Å²) >= 11 is 3.30. The molecule has 0 fully saturated rings. The van der Waals surface area contributed by atoms with Crippen LogP contribution >= 0.6 is 15.9 Å². The van der Waals surface area contributed by atoms with Crippen molar-refractivity contribution in [1.29, 1.82) is 0 Å². The second-order valence-corrected chi connectivity index (χ2v) is 5.75. The Labute approximate surface area is 133 Å². The second kappa shape index (κ2) is 5.51. The molecule has 1 heterocycles. The van der Waals surface area contributed by atoms with Crippen LogP contribution in [-0.2, 0) is 0 Å². The summed E-state index contributed by atoms with van der Waals surface area (Å²) in [5, 5.41) is 20.8. The average molecular weight is 364 g/mol. The molecule has 0 aliphatic carbocycles. The van der Waals surface area contributed by atoms with Crippen LogP contribution in [0.15, 0.2) is 46.9 Å². The maximum Gasteiger partial charge on any atom is 0.269 e. The van der Waals surface area contributed by atoms with E-state index in [1.807, 2.05) is 0 Å². The van der Waals surface area contributed by atoms with Crippen LogP contribution in [0.5, 0.6) is 5.75 Å². The molecule has 0 amide bonds. The second-order valence-electron chi connectivity index (χ2n) is 4.84. The molecule has 0 radical (unpaired) electrons.